The Morgan fingerprint density at radius 3 is 2.70 bits per heavy atom. The number of hydrogen-bond acceptors (Lipinski definition) is 3. The topological polar surface area (TPSA) is 46.5 Å². The van der Waals surface area contributed by atoms with Gasteiger partial charge in [-0.3, -0.25) is 0 Å². The van der Waals surface area contributed by atoms with Gasteiger partial charge in [-0.05, 0) is 0 Å². The van der Waals surface area contributed by atoms with Gasteiger partial charge in [-0.1, -0.05) is 0 Å². The summed E-state index contributed by atoms with van der Waals surface area (Å²) in [4.78, 5) is 0. The van der Waals surface area contributed by atoms with Crippen LogP contribution in [0.1, 0.15) is 21.2 Å². The molecule has 7 heteroatoms. The molecule has 0 aromatic heterocycles. The number of halogens is 2. The van der Waals surface area contributed by atoms with E-state index in [-0.39, 0.29) is 20.6 Å². The van der Waals surface area contributed by atoms with Crippen LogP contribution in [0.2, 0.25) is 4.63 Å². The average molecular weight is 415 g/mol. The molecule has 0 aliphatic heterocycles. The molecule has 1 aromatic rings. The van der Waals surface area contributed by atoms with Crippen molar-refractivity contribution >= 4 is 30.5 Å². The van der Waals surface area contributed by atoms with Crippen LogP contribution in [-0.2, 0) is 18.7 Å². The number of fused-ring (bicyclic) bond motifs is 1. The number of allylic oxidation sites excluding steroid dienone is 1. The van der Waals surface area contributed by atoms with Crippen molar-refractivity contribution in [3.63, 3.8) is 0 Å². The Bertz CT molecular complexity index is 687. The Kier molecular flexibility index (Phi) is 3.35. The molecule has 0 spiro atoms. The van der Waals surface area contributed by atoms with E-state index >= 15 is 0 Å². The maximum atomic E-state index is 13.9. The zero-order chi connectivity index (χ0) is 15.2. The SMILES string of the molecule is [CH3][Zr](=[O])([SiH3])([Cl])([Cl])([O]CCCO)[CH]1C=Cc2ccccc21. The van der Waals surface area contributed by atoms with Crippen molar-refractivity contribution < 1.29 is 23.8 Å². The monoisotopic (exact) mass is 412 g/mol. The second-order valence-corrected chi connectivity index (χ2v) is 72.9. The zero-order valence-corrected chi connectivity index (χ0v) is 17.7. The predicted octanol–water partition coefficient (Wildman–Crippen LogP) is 2.81. The molecule has 0 saturated carbocycles. The molecular formula is C13H20Cl2O3SiZr. The van der Waals surface area contributed by atoms with Gasteiger partial charge in [-0.2, -0.15) is 0 Å². The molecule has 1 aliphatic rings. The van der Waals surface area contributed by atoms with Crippen molar-refractivity contribution in [1.82, 2.24) is 0 Å². The minimum atomic E-state index is -6.52. The second-order valence-electron chi connectivity index (χ2n) is 6.96. The minimum absolute atomic E-state index is 0.0150. The molecule has 1 atom stereocenters. The van der Waals surface area contributed by atoms with E-state index in [4.69, 9.17) is 24.9 Å². The van der Waals surface area contributed by atoms with Crippen LogP contribution in [0.5, 0.6) is 0 Å². The molecule has 1 aromatic carbocycles. The van der Waals surface area contributed by atoms with Gasteiger partial charge in [0, 0.05) is 0 Å². The fourth-order valence-corrected chi connectivity index (χ4v) is 18.1. The zero-order valence-electron chi connectivity index (χ0n) is 11.7. The van der Waals surface area contributed by atoms with Crippen LogP contribution >= 0.6 is 17.0 Å². The van der Waals surface area contributed by atoms with Crippen molar-refractivity contribution in [2.45, 2.75) is 14.7 Å². The Morgan fingerprint density at radius 2 is 2.05 bits per heavy atom. The van der Waals surface area contributed by atoms with Crippen LogP contribution in [0.4, 0.5) is 0 Å². The van der Waals surface area contributed by atoms with Gasteiger partial charge in [0.05, 0.1) is 0 Å². The molecule has 0 saturated heterocycles. The van der Waals surface area contributed by atoms with E-state index in [2.05, 4.69) is 0 Å². The predicted molar refractivity (Wildman–Crippen MR) is 84.1 cm³/mol. The van der Waals surface area contributed by atoms with E-state index in [9.17, 15) is 2.81 Å². The van der Waals surface area contributed by atoms with E-state index < -0.39 is 16.7 Å². The Balaban J connectivity index is 2.54. The summed E-state index contributed by atoms with van der Waals surface area (Å²) in [5.41, 5.74) is 1.81. The number of rotatable bonds is 5. The first-order valence-corrected chi connectivity index (χ1v) is 27.3. The van der Waals surface area contributed by atoms with Crippen molar-refractivity contribution in [1.29, 1.82) is 0 Å². The Hall–Kier alpha value is 0.360. The molecular weight excluding hydrogens is 394 g/mol. The molecule has 0 radical (unpaired) electrons. The van der Waals surface area contributed by atoms with Gasteiger partial charge >= 0.3 is 124 Å². The van der Waals surface area contributed by atoms with Crippen LogP contribution in [0.15, 0.2) is 30.3 Å². The van der Waals surface area contributed by atoms with E-state index in [0.29, 0.717) is 6.42 Å². The molecule has 1 unspecified atom stereocenters. The second kappa shape index (κ2) is 4.01. The molecule has 112 valence electrons. The molecule has 0 bridgehead atoms. The fourth-order valence-electron chi connectivity index (χ4n) is 2.76. The van der Waals surface area contributed by atoms with E-state index in [0.717, 1.165) is 11.1 Å². The standard InChI is InChI=1S/C9H7.C3H7O2.CH3.2ClH.O.H3Si.Zr/c1-2-5-9-7-3-6-8(9)4-1;4-2-1-3-5;;;;;;/h1-7H;4H,1-3H2;1H3;2*1H;;1H3;/q;-1;;;;;;+3/p-2. The van der Waals surface area contributed by atoms with E-state index in [1.54, 1.807) is 6.08 Å². The molecule has 2 rings (SSSR count). The van der Waals surface area contributed by atoms with Crippen molar-refractivity contribution in [3.8, 4) is 0 Å². The Morgan fingerprint density at radius 1 is 1.40 bits per heavy atom. The normalized spacial score (nSPS) is 23.6. The number of aliphatic hydroxyl groups is 1. The van der Waals surface area contributed by atoms with Gasteiger partial charge < -0.3 is 0 Å². The third-order valence-electron chi connectivity index (χ3n) is 3.85. The van der Waals surface area contributed by atoms with Crippen LogP contribution < -0.4 is 0 Å². The van der Waals surface area contributed by atoms with Crippen LogP contribution in [-0.4, -0.2) is 25.7 Å². The molecule has 1 aliphatic carbocycles. The van der Waals surface area contributed by atoms with E-state index in [1.165, 1.54) is 4.63 Å². The number of aliphatic hydroxyl groups excluding tert-OH is 1. The molecule has 20 heavy (non-hydrogen) atoms. The first-order chi connectivity index (χ1) is 8.88. The van der Waals surface area contributed by atoms with E-state index in [1.807, 2.05) is 30.3 Å². The third-order valence-corrected chi connectivity index (χ3v) is 23.2. The molecule has 0 amide bonds. The summed E-state index contributed by atoms with van der Waals surface area (Å²) in [6.45, 7) is 0.0305. The van der Waals surface area contributed by atoms with Gasteiger partial charge in [0.15, 0.2) is 0 Å². The molecule has 1 N–H and O–H groups in total. The fraction of sp³-hybridized carbons (Fsp3) is 0.385. The van der Waals surface area contributed by atoms with Crippen LogP contribution in [0.3, 0.4) is 0 Å². The van der Waals surface area contributed by atoms with Crippen molar-refractivity contribution in [2.75, 3.05) is 13.2 Å². The van der Waals surface area contributed by atoms with Gasteiger partial charge in [0.25, 0.3) is 0 Å². The van der Waals surface area contributed by atoms with Gasteiger partial charge in [-0.15, -0.1) is 0 Å². The first kappa shape index (κ1) is 16.7. The summed E-state index contributed by atoms with van der Waals surface area (Å²) < 4.78 is 20.4. The van der Waals surface area contributed by atoms with Gasteiger partial charge in [0.2, 0.25) is 0 Å². The molecule has 3 nitrogen and oxygen atoms in total. The molecule has 0 fully saturated rings. The summed E-state index contributed by atoms with van der Waals surface area (Å²) in [6, 6.07) is 7.60. The summed E-state index contributed by atoms with van der Waals surface area (Å²) >= 11 is -6.52. The van der Waals surface area contributed by atoms with Gasteiger partial charge in [-0.25, -0.2) is 0 Å². The quantitative estimate of drug-likeness (QED) is 0.595. The number of benzene rings is 1. The van der Waals surface area contributed by atoms with Crippen LogP contribution in [0, 0.1) is 0 Å². The summed E-state index contributed by atoms with van der Waals surface area (Å²) in [5.74, 6) is 0. The molecule has 0 heterocycles. The van der Waals surface area contributed by atoms with Crippen LogP contribution in [0.25, 0.3) is 6.08 Å². The van der Waals surface area contributed by atoms with Crippen molar-refractivity contribution in [3.05, 3.63) is 41.5 Å². The average Bonchev–Trinajstić information content (AvgIpc) is 2.72. The van der Waals surface area contributed by atoms with Crippen molar-refractivity contribution in [2.24, 2.45) is 0 Å². The Labute approximate surface area is 123 Å². The number of hydrogen-bond donors (Lipinski definition) is 1. The summed E-state index contributed by atoms with van der Waals surface area (Å²) in [5, 5.41) is 8.89. The summed E-state index contributed by atoms with van der Waals surface area (Å²) in [7, 11) is 13.4. The maximum absolute atomic E-state index is 13.9. The summed E-state index contributed by atoms with van der Waals surface area (Å²) in [6.07, 6.45) is 4.02. The first-order valence-electron chi connectivity index (χ1n) is 6.75. The van der Waals surface area contributed by atoms with Gasteiger partial charge in [0.1, 0.15) is 0 Å². The third kappa shape index (κ3) is 3.23.